The van der Waals surface area contributed by atoms with Crippen molar-refractivity contribution in [2.75, 3.05) is 6.54 Å². The second kappa shape index (κ2) is 4.10. The van der Waals surface area contributed by atoms with Gasteiger partial charge in [-0.3, -0.25) is 0 Å². The highest BCUT2D eigenvalue weighted by atomic mass is 16.3. The molecule has 2 rings (SSSR count). The molecule has 0 spiro atoms. The van der Waals surface area contributed by atoms with Crippen molar-refractivity contribution in [2.45, 2.75) is 45.1 Å². The van der Waals surface area contributed by atoms with Crippen molar-refractivity contribution in [3.8, 4) is 5.75 Å². The summed E-state index contributed by atoms with van der Waals surface area (Å²) in [7, 11) is 0. The molecule has 2 heteroatoms. The van der Waals surface area contributed by atoms with Gasteiger partial charge in [-0.2, -0.15) is 0 Å². The molecule has 0 bridgehead atoms. The molecule has 1 aliphatic rings. The molecule has 0 saturated carbocycles. The summed E-state index contributed by atoms with van der Waals surface area (Å²) in [6.07, 6.45) is 2.28. The Morgan fingerprint density at radius 3 is 2.62 bits per heavy atom. The van der Waals surface area contributed by atoms with Gasteiger partial charge in [-0.25, -0.2) is 0 Å². The first-order valence-corrected chi connectivity index (χ1v) is 6.11. The van der Waals surface area contributed by atoms with E-state index in [2.05, 4.69) is 38.2 Å². The van der Waals surface area contributed by atoms with E-state index in [1.807, 2.05) is 6.07 Å². The second-order valence-electron chi connectivity index (χ2n) is 5.29. The van der Waals surface area contributed by atoms with Gasteiger partial charge in [0.25, 0.3) is 0 Å². The van der Waals surface area contributed by atoms with Gasteiger partial charge < -0.3 is 10.4 Å². The maximum atomic E-state index is 10.1. The quantitative estimate of drug-likeness (QED) is 0.801. The fraction of sp³-hybridized carbons (Fsp3) is 0.571. The van der Waals surface area contributed by atoms with Crippen LogP contribution in [0.25, 0.3) is 0 Å². The highest BCUT2D eigenvalue weighted by Crippen LogP contribution is 2.36. The molecule has 88 valence electrons. The Bertz CT molecular complexity index is 378. The minimum atomic E-state index is -0.0421. The monoisotopic (exact) mass is 219 g/mol. The van der Waals surface area contributed by atoms with Crippen LogP contribution in [0.4, 0.5) is 0 Å². The van der Waals surface area contributed by atoms with Crippen LogP contribution in [0.1, 0.15) is 50.7 Å². The Kier molecular flexibility index (Phi) is 2.94. The molecular weight excluding hydrogens is 198 g/mol. The van der Waals surface area contributed by atoms with Crippen molar-refractivity contribution in [3.05, 3.63) is 29.3 Å². The lowest BCUT2D eigenvalue weighted by Gasteiger charge is -2.26. The first-order chi connectivity index (χ1) is 7.53. The van der Waals surface area contributed by atoms with E-state index in [1.54, 1.807) is 0 Å². The molecule has 1 unspecified atom stereocenters. The minimum absolute atomic E-state index is 0.0421. The van der Waals surface area contributed by atoms with Crippen molar-refractivity contribution in [1.82, 2.24) is 5.32 Å². The fourth-order valence-electron chi connectivity index (χ4n) is 2.50. The van der Waals surface area contributed by atoms with Crippen molar-refractivity contribution in [2.24, 2.45) is 0 Å². The average molecular weight is 219 g/mol. The van der Waals surface area contributed by atoms with Crippen molar-refractivity contribution < 1.29 is 5.11 Å². The summed E-state index contributed by atoms with van der Waals surface area (Å²) in [6.45, 7) is 7.50. The summed E-state index contributed by atoms with van der Waals surface area (Å²) in [5, 5.41) is 13.6. The van der Waals surface area contributed by atoms with Gasteiger partial charge in [0.15, 0.2) is 0 Å². The highest BCUT2D eigenvalue weighted by Gasteiger charge is 2.32. The Labute approximate surface area is 97.7 Å². The van der Waals surface area contributed by atoms with E-state index in [1.165, 1.54) is 12.0 Å². The molecule has 1 aromatic rings. The molecule has 0 aliphatic carbocycles. The second-order valence-corrected chi connectivity index (χ2v) is 5.29. The van der Waals surface area contributed by atoms with Gasteiger partial charge >= 0.3 is 0 Å². The first kappa shape index (κ1) is 11.5. The number of nitrogens with one attached hydrogen (secondary N) is 1. The highest BCUT2D eigenvalue weighted by molar-refractivity contribution is 5.42. The maximum Gasteiger partial charge on any atom is 0.120 e. The molecule has 0 aromatic heterocycles. The summed E-state index contributed by atoms with van der Waals surface area (Å²) < 4.78 is 0. The van der Waals surface area contributed by atoms with Crippen molar-refractivity contribution in [1.29, 1.82) is 0 Å². The third kappa shape index (κ3) is 1.94. The minimum Gasteiger partial charge on any atom is -0.508 e. The van der Waals surface area contributed by atoms with E-state index in [9.17, 15) is 5.11 Å². The summed E-state index contributed by atoms with van der Waals surface area (Å²) >= 11 is 0. The number of hydrogen-bond donors (Lipinski definition) is 2. The number of rotatable bonds is 2. The summed E-state index contributed by atoms with van der Waals surface area (Å²) in [6, 6.07) is 6.11. The largest absolute Gasteiger partial charge is 0.508 e. The van der Waals surface area contributed by atoms with Crippen molar-refractivity contribution in [3.63, 3.8) is 0 Å². The predicted molar refractivity (Wildman–Crippen MR) is 66.8 cm³/mol. The zero-order valence-corrected chi connectivity index (χ0v) is 10.4. The van der Waals surface area contributed by atoms with Gasteiger partial charge in [-0.05, 0) is 43.9 Å². The van der Waals surface area contributed by atoms with Crippen molar-refractivity contribution >= 4 is 0 Å². The number of phenols is 1. The maximum absolute atomic E-state index is 10.1. The first-order valence-electron chi connectivity index (χ1n) is 6.11. The molecule has 1 saturated heterocycles. The summed E-state index contributed by atoms with van der Waals surface area (Å²) in [5.41, 5.74) is 2.19. The smallest absolute Gasteiger partial charge is 0.120 e. The molecule has 1 aromatic carbocycles. The van der Waals surface area contributed by atoms with Crippen LogP contribution >= 0.6 is 0 Å². The Morgan fingerprint density at radius 1 is 1.38 bits per heavy atom. The predicted octanol–water partition coefficient (Wildman–Crippen LogP) is 3.11. The van der Waals surface area contributed by atoms with Crippen LogP contribution in [0.5, 0.6) is 5.75 Å². The third-order valence-corrected chi connectivity index (χ3v) is 3.65. The molecule has 1 aliphatic heterocycles. The van der Waals surface area contributed by atoms with Gasteiger partial charge in [-0.15, -0.1) is 0 Å². The lowest BCUT2D eigenvalue weighted by Crippen LogP contribution is -2.33. The van der Waals surface area contributed by atoms with Gasteiger partial charge in [-0.1, -0.05) is 26.0 Å². The van der Waals surface area contributed by atoms with Crippen LogP contribution in [0.15, 0.2) is 18.2 Å². The number of hydrogen-bond acceptors (Lipinski definition) is 2. The Hall–Kier alpha value is -1.02. The van der Waals surface area contributed by atoms with Crippen LogP contribution in [0.2, 0.25) is 0 Å². The van der Waals surface area contributed by atoms with Gasteiger partial charge in [0, 0.05) is 11.1 Å². The van der Waals surface area contributed by atoms with Gasteiger partial charge in [0.05, 0.1) is 0 Å². The number of benzene rings is 1. The molecule has 1 atom stereocenters. The van der Waals surface area contributed by atoms with E-state index in [4.69, 9.17) is 0 Å². The van der Waals surface area contributed by atoms with E-state index < -0.39 is 0 Å². The van der Waals surface area contributed by atoms with E-state index in [0.29, 0.717) is 11.7 Å². The Balaban J connectivity index is 2.35. The normalized spacial score (nSPS) is 25.2. The number of aromatic hydroxyl groups is 1. The molecule has 0 radical (unpaired) electrons. The average Bonchev–Trinajstić information content (AvgIpc) is 2.65. The van der Waals surface area contributed by atoms with Crippen LogP contribution in [0.3, 0.4) is 0 Å². The van der Waals surface area contributed by atoms with E-state index >= 15 is 0 Å². The molecule has 0 amide bonds. The third-order valence-electron chi connectivity index (χ3n) is 3.65. The zero-order chi connectivity index (χ0) is 11.8. The number of phenolic OH excluding ortho intramolecular Hbond substituents is 1. The van der Waals surface area contributed by atoms with Crippen LogP contribution in [0, 0.1) is 0 Å². The Morgan fingerprint density at radius 2 is 2.12 bits per heavy atom. The van der Waals surface area contributed by atoms with Crippen LogP contribution < -0.4 is 5.32 Å². The van der Waals surface area contributed by atoms with Crippen LogP contribution in [-0.2, 0) is 5.54 Å². The molecule has 2 N–H and O–H groups in total. The van der Waals surface area contributed by atoms with Crippen LogP contribution in [-0.4, -0.2) is 11.7 Å². The molecule has 2 nitrogen and oxygen atoms in total. The molecule has 1 fully saturated rings. The van der Waals surface area contributed by atoms with E-state index in [0.717, 1.165) is 18.5 Å². The molecule has 16 heavy (non-hydrogen) atoms. The standard InChI is InChI=1S/C14H21NO/c1-10(2)11-5-6-12(13(16)9-11)14(3)7-4-8-15-14/h5-6,9-10,15-16H,4,7-8H2,1-3H3. The lowest BCUT2D eigenvalue weighted by molar-refractivity contribution is 0.394. The molecule has 1 heterocycles. The van der Waals surface area contributed by atoms with Gasteiger partial charge in [0.1, 0.15) is 5.75 Å². The SMILES string of the molecule is CC(C)c1ccc(C2(C)CCCN2)c(O)c1. The lowest BCUT2D eigenvalue weighted by atomic mass is 9.88. The molecular formula is C14H21NO. The van der Waals surface area contributed by atoms with E-state index in [-0.39, 0.29) is 5.54 Å². The summed E-state index contributed by atoms with van der Waals surface area (Å²) in [5.74, 6) is 0.896. The summed E-state index contributed by atoms with van der Waals surface area (Å²) in [4.78, 5) is 0. The van der Waals surface area contributed by atoms with Gasteiger partial charge in [0.2, 0.25) is 0 Å². The zero-order valence-electron chi connectivity index (χ0n) is 10.4. The topological polar surface area (TPSA) is 32.3 Å². The fourth-order valence-corrected chi connectivity index (χ4v) is 2.50.